The summed E-state index contributed by atoms with van der Waals surface area (Å²) < 4.78 is 5.14. The summed E-state index contributed by atoms with van der Waals surface area (Å²) in [6, 6.07) is 0. The first-order valence-corrected chi connectivity index (χ1v) is 8.32. The maximum atomic E-state index is 12.6. The van der Waals surface area contributed by atoms with Crippen molar-refractivity contribution in [1.82, 2.24) is 0 Å². The van der Waals surface area contributed by atoms with Crippen LogP contribution in [0.15, 0.2) is 24.3 Å². The second-order valence-electron chi connectivity index (χ2n) is 7.93. The van der Waals surface area contributed by atoms with E-state index in [2.05, 4.69) is 0 Å². The van der Waals surface area contributed by atoms with Crippen molar-refractivity contribution in [3.63, 3.8) is 0 Å². The number of aliphatic carboxylic acids is 2. The Labute approximate surface area is 143 Å². The highest BCUT2D eigenvalue weighted by Crippen LogP contribution is 2.59. The lowest BCUT2D eigenvalue weighted by molar-refractivity contribution is -0.170. The average molecular weight is 346 g/mol. The Kier molecular flexibility index (Phi) is 2.95. The van der Waals surface area contributed by atoms with Gasteiger partial charge < -0.3 is 14.9 Å². The average Bonchev–Trinajstić information content (AvgIpc) is 3.33. The van der Waals surface area contributed by atoms with E-state index in [4.69, 9.17) is 4.74 Å². The molecular weight excluding hydrogens is 328 g/mol. The molecule has 0 amide bonds. The number of carbonyl (C=O) groups excluding carboxylic acids is 2. The molecule has 4 aliphatic rings. The van der Waals surface area contributed by atoms with Gasteiger partial charge in [-0.25, -0.2) is 0 Å². The molecule has 4 unspecified atom stereocenters. The summed E-state index contributed by atoms with van der Waals surface area (Å²) in [5, 5.41) is 18.7. The standard InChI is InChI=1S/C18H18O7/c19-11(20)15-1-5-17(9-15,6-2-15)13(23)25-14(24)18-7-3-16(10-18,4-8-18)12(21)22/h1,3,5,7H,2,4,6,8-10H2,(H,19,20)(H,21,22). The van der Waals surface area contributed by atoms with Gasteiger partial charge in [-0.1, -0.05) is 24.3 Å². The highest BCUT2D eigenvalue weighted by molar-refractivity contribution is 5.97. The summed E-state index contributed by atoms with van der Waals surface area (Å²) in [4.78, 5) is 48.1. The summed E-state index contributed by atoms with van der Waals surface area (Å²) in [7, 11) is 0. The predicted molar refractivity (Wildman–Crippen MR) is 82.1 cm³/mol. The fourth-order valence-corrected chi connectivity index (χ4v) is 4.86. The molecule has 0 heterocycles. The molecule has 4 bridgehead atoms. The van der Waals surface area contributed by atoms with E-state index in [-0.39, 0.29) is 12.8 Å². The monoisotopic (exact) mass is 346 g/mol. The molecule has 0 radical (unpaired) electrons. The summed E-state index contributed by atoms with van der Waals surface area (Å²) in [6.07, 6.45) is 7.76. The SMILES string of the molecule is O=C(O)C12C=CC(C(=O)OC(=O)C34C=CC(C(=O)O)(CC3)C4)(CC1)C2. The van der Waals surface area contributed by atoms with Crippen molar-refractivity contribution in [2.75, 3.05) is 0 Å². The number of esters is 2. The zero-order valence-corrected chi connectivity index (χ0v) is 13.5. The molecule has 2 fully saturated rings. The lowest BCUT2D eigenvalue weighted by atomic mass is 9.86. The van der Waals surface area contributed by atoms with Gasteiger partial charge >= 0.3 is 23.9 Å². The Bertz CT molecular complexity index is 716. The Hall–Kier alpha value is -2.44. The molecule has 0 aromatic heterocycles. The zero-order chi connectivity index (χ0) is 18.1. The smallest absolute Gasteiger partial charge is 0.323 e. The summed E-state index contributed by atoms with van der Waals surface area (Å²) in [5.74, 6) is -3.39. The van der Waals surface area contributed by atoms with E-state index < -0.39 is 45.5 Å². The molecule has 2 saturated carbocycles. The highest BCUT2D eigenvalue weighted by atomic mass is 16.6. The third-order valence-electron chi connectivity index (χ3n) is 6.59. The third-order valence-corrected chi connectivity index (χ3v) is 6.59. The van der Waals surface area contributed by atoms with E-state index in [0.29, 0.717) is 25.7 Å². The number of hydrogen-bond donors (Lipinski definition) is 2. The summed E-state index contributed by atoms with van der Waals surface area (Å²) in [5.41, 5.74) is -4.20. The van der Waals surface area contributed by atoms with Gasteiger partial charge in [-0.2, -0.15) is 0 Å². The molecule has 25 heavy (non-hydrogen) atoms. The number of rotatable bonds is 4. The normalized spacial score (nSPS) is 42.7. The largest absolute Gasteiger partial charge is 0.481 e. The second-order valence-corrected chi connectivity index (χ2v) is 7.93. The van der Waals surface area contributed by atoms with Crippen LogP contribution in [0.3, 0.4) is 0 Å². The van der Waals surface area contributed by atoms with Crippen molar-refractivity contribution in [3.05, 3.63) is 24.3 Å². The van der Waals surface area contributed by atoms with Crippen LogP contribution in [0.4, 0.5) is 0 Å². The van der Waals surface area contributed by atoms with E-state index in [9.17, 15) is 29.4 Å². The van der Waals surface area contributed by atoms with Crippen molar-refractivity contribution in [2.45, 2.75) is 38.5 Å². The molecular formula is C18H18O7. The lowest BCUT2D eigenvalue weighted by Crippen LogP contribution is -2.35. The molecule has 0 spiro atoms. The molecule has 132 valence electrons. The van der Waals surface area contributed by atoms with Crippen LogP contribution in [-0.2, 0) is 23.9 Å². The molecule has 4 aliphatic carbocycles. The van der Waals surface area contributed by atoms with Gasteiger partial charge in [-0.05, 0) is 38.5 Å². The second kappa shape index (κ2) is 4.59. The maximum Gasteiger partial charge on any atom is 0.323 e. The van der Waals surface area contributed by atoms with Crippen molar-refractivity contribution in [2.24, 2.45) is 21.7 Å². The zero-order valence-electron chi connectivity index (χ0n) is 13.5. The molecule has 4 atom stereocenters. The predicted octanol–water partition coefficient (Wildman–Crippen LogP) is 1.68. The van der Waals surface area contributed by atoms with Crippen molar-refractivity contribution < 1.29 is 34.1 Å². The maximum absolute atomic E-state index is 12.6. The number of hydrogen-bond acceptors (Lipinski definition) is 5. The molecule has 4 rings (SSSR count). The van der Waals surface area contributed by atoms with E-state index in [1.165, 1.54) is 12.2 Å². The van der Waals surface area contributed by atoms with Gasteiger partial charge in [-0.3, -0.25) is 19.2 Å². The van der Waals surface area contributed by atoms with Crippen molar-refractivity contribution in [1.29, 1.82) is 0 Å². The highest BCUT2D eigenvalue weighted by Gasteiger charge is 2.62. The number of ether oxygens (including phenoxy) is 1. The molecule has 0 aromatic carbocycles. The van der Waals surface area contributed by atoms with Gasteiger partial charge in [-0.15, -0.1) is 0 Å². The Morgan fingerprint density at radius 3 is 1.20 bits per heavy atom. The van der Waals surface area contributed by atoms with Crippen LogP contribution >= 0.6 is 0 Å². The number of fused-ring (bicyclic) bond motifs is 4. The Morgan fingerprint density at radius 1 is 0.640 bits per heavy atom. The van der Waals surface area contributed by atoms with Gasteiger partial charge in [0, 0.05) is 0 Å². The van der Waals surface area contributed by atoms with Crippen LogP contribution in [0.5, 0.6) is 0 Å². The minimum Gasteiger partial charge on any atom is -0.481 e. The van der Waals surface area contributed by atoms with Crippen LogP contribution in [0.2, 0.25) is 0 Å². The number of carboxylic acid groups (broad SMARTS) is 2. The quantitative estimate of drug-likeness (QED) is 0.451. The van der Waals surface area contributed by atoms with E-state index >= 15 is 0 Å². The number of carbonyl (C=O) groups is 4. The van der Waals surface area contributed by atoms with Gasteiger partial charge in [0.05, 0.1) is 21.7 Å². The molecule has 0 aliphatic heterocycles. The van der Waals surface area contributed by atoms with Crippen LogP contribution < -0.4 is 0 Å². The van der Waals surface area contributed by atoms with Crippen LogP contribution in [0.25, 0.3) is 0 Å². The van der Waals surface area contributed by atoms with Crippen LogP contribution in [0, 0.1) is 21.7 Å². The van der Waals surface area contributed by atoms with Gasteiger partial charge in [0.2, 0.25) is 0 Å². The Morgan fingerprint density at radius 2 is 0.960 bits per heavy atom. The topological polar surface area (TPSA) is 118 Å². The first-order valence-electron chi connectivity index (χ1n) is 8.32. The van der Waals surface area contributed by atoms with E-state index in [1.54, 1.807) is 12.2 Å². The van der Waals surface area contributed by atoms with Gasteiger partial charge in [0.1, 0.15) is 0 Å². The minimum atomic E-state index is -1.06. The minimum absolute atomic E-state index is 0.114. The van der Waals surface area contributed by atoms with E-state index in [1.807, 2.05) is 0 Å². The molecule has 0 saturated heterocycles. The first-order chi connectivity index (χ1) is 11.7. The molecule has 7 nitrogen and oxygen atoms in total. The van der Waals surface area contributed by atoms with Gasteiger partial charge in [0.25, 0.3) is 0 Å². The first kappa shape index (κ1) is 16.1. The molecule has 7 heteroatoms. The Balaban J connectivity index is 1.50. The third kappa shape index (κ3) is 1.92. The fourth-order valence-electron chi connectivity index (χ4n) is 4.86. The fraction of sp³-hybridized carbons (Fsp3) is 0.556. The van der Waals surface area contributed by atoms with Crippen molar-refractivity contribution >= 4 is 23.9 Å². The van der Waals surface area contributed by atoms with Gasteiger partial charge in [0.15, 0.2) is 0 Å². The molecule has 2 N–H and O–H groups in total. The lowest BCUT2D eigenvalue weighted by Gasteiger charge is -2.25. The van der Waals surface area contributed by atoms with Crippen LogP contribution in [-0.4, -0.2) is 34.1 Å². The summed E-state index contributed by atoms with van der Waals surface area (Å²) >= 11 is 0. The van der Waals surface area contributed by atoms with Crippen molar-refractivity contribution in [3.8, 4) is 0 Å². The van der Waals surface area contributed by atoms with Crippen LogP contribution in [0.1, 0.15) is 38.5 Å². The van der Waals surface area contributed by atoms with E-state index in [0.717, 1.165) is 0 Å². The number of carboxylic acids is 2. The molecule has 0 aromatic rings. The summed E-state index contributed by atoms with van der Waals surface area (Å²) in [6.45, 7) is 0.